The van der Waals surface area contributed by atoms with Crippen LogP contribution >= 0.6 is 11.3 Å². The molecule has 3 N–H and O–H groups in total. The van der Waals surface area contributed by atoms with Crippen LogP contribution in [-0.2, 0) is 11.2 Å². The summed E-state index contributed by atoms with van der Waals surface area (Å²) in [6, 6.07) is 19.5. The molecule has 50 heavy (non-hydrogen) atoms. The Balaban J connectivity index is 1.38. The number of aliphatic hydroxyl groups is 2. The minimum Gasteiger partial charge on any atom is -0.393 e. The number of aryl methyl sites for hydroxylation is 1. The number of thiophene rings is 1. The molecule has 0 spiro atoms. The smallest absolute Gasteiger partial charge is 0.318 e. The first-order valence-electron chi connectivity index (χ1n) is 18.5. The van der Waals surface area contributed by atoms with Gasteiger partial charge in [0.1, 0.15) is 0 Å². The molecule has 6 atom stereocenters. The molecule has 4 aliphatic rings. The molecular formula is C42H54N2O5S. The van der Waals surface area contributed by atoms with Gasteiger partial charge in [-0.25, -0.2) is 4.79 Å². The normalized spacial score (nSPS) is 27.6. The zero-order valence-corrected chi connectivity index (χ0v) is 30.9. The topological polar surface area (TPSA) is 99.1 Å². The number of aliphatic hydroxyl groups excluding tert-OH is 1. The quantitative estimate of drug-likeness (QED) is 0.163. The molecule has 3 aromatic rings. The molecule has 268 valence electrons. The minimum atomic E-state index is -1.21. The lowest BCUT2D eigenvalue weighted by Gasteiger charge is -2.46. The predicted octanol–water partition coefficient (Wildman–Crippen LogP) is 8.28. The summed E-state index contributed by atoms with van der Waals surface area (Å²) in [5, 5.41) is 27.1. The number of allylic oxidation sites excluding steroid dienone is 2. The lowest BCUT2D eigenvalue weighted by molar-refractivity contribution is -0.0808. The maximum atomic E-state index is 14.3. The van der Waals surface area contributed by atoms with Crippen LogP contribution in [0.2, 0.25) is 0 Å². The zero-order valence-electron chi connectivity index (χ0n) is 30.1. The Kier molecular flexibility index (Phi) is 11.3. The van der Waals surface area contributed by atoms with E-state index in [1.54, 1.807) is 4.90 Å². The summed E-state index contributed by atoms with van der Waals surface area (Å²) in [6.45, 7) is 9.56. The van der Waals surface area contributed by atoms with Crippen LogP contribution in [0.15, 0.2) is 72.3 Å². The molecule has 1 saturated heterocycles. The van der Waals surface area contributed by atoms with Gasteiger partial charge in [-0.15, -0.1) is 11.3 Å². The monoisotopic (exact) mass is 698 g/mol. The van der Waals surface area contributed by atoms with E-state index in [4.69, 9.17) is 4.74 Å². The average molecular weight is 699 g/mol. The third-order valence-corrected chi connectivity index (χ3v) is 12.7. The number of carbonyl (C=O) groups is 2. The molecular weight excluding hydrogens is 645 g/mol. The van der Waals surface area contributed by atoms with Gasteiger partial charge in [-0.1, -0.05) is 61.0 Å². The Morgan fingerprint density at radius 2 is 1.86 bits per heavy atom. The largest absolute Gasteiger partial charge is 0.393 e. The van der Waals surface area contributed by atoms with Gasteiger partial charge in [0.25, 0.3) is 0 Å². The number of carbonyl (C=O) groups excluding carboxylic acids is 2. The molecule has 3 aliphatic carbocycles. The predicted molar refractivity (Wildman–Crippen MR) is 200 cm³/mol. The fourth-order valence-corrected chi connectivity index (χ4v) is 9.38. The summed E-state index contributed by atoms with van der Waals surface area (Å²) in [6.07, 6.45) is 8.10. The number of fused-ring (bicyclic) bond motifs is 8. The van der Waals surface area contributed by atoms with E-state index in [0.29, 0.717) is 55.7 Å². The Bertz CT molecular complexity index is 1680. The van der Waals surface area contributed by atoms with Gasteiger partial charge in [0.05, 0.1) is 35.3 Å². The first-order chi connectivity index (χ1) is 24.0. The molecule has 0 radical (unpaired) electrons. The number of urea groups is 1. The summed E-state index contributed by atoms with van der Waals surface area (Å²) in [5.74, 6) is -0.122. The second kappa shape index (κ2) is 15.5. The number of amides is 2. The lowest BCUT2D eigenvalue weighted by Crippen LogP contribution is -2.56. The standard InChI is InChI=1S/C42H54N2O5S/c1-28-10-8-21-41(4)37(35-18-16-31(24-33(45)17-14-28)25-36(35)39(46)38-19-15-29(2)50-38)20-22-42(41,48)27-44(26-34-13-9-23-49-34)40(47)43-30(3)32-11-6-5-7-12-32/h5-7,10-12,15-16,18-19,25,30,33-34,37,45,48H,8-9,13-14,17,20-24,26-27H2,1-4H3,(H,43,47)/t30-,33+,34-,37+,41+,42-/m1/s1. The van der Waals surface area contributed by atoms with E-state index in [0.717, 1.165) is 47.3 Å². The van der Waals surface area contributed by atoms with Crippen LogP contribution in [-0.4, -0.2) is 64.4 Å². The van der Waals surface area contributed by atoms with E-state index in [-0.39, 0.29) is 36.4 Å². The first-order valence-corrected chi connectivity index (χ1v) is 19.3. The molecule has 2 fully saturated rings. The maximum Gasteiger partial charge on any atom is 0.318 e. The van der Waals surface area contributed by atoms with Crippen molar-refractivity contribution in [1.82, 2.24) is 10.2 Å². The summed E-state index contributed by atoms with van der Waals surface area (Å²) >= 11 is 1.50. The van der Waals surface area contributed by atoms with Crippen molar-refractivity contribution in [2.45, 2.75) is 115 Å². The number of nitrogens with zero attached hydrogens (tertiary/aromatic N) is 1. The van der Waals surface area contributed by atoms with Crippen LogP contribution in [0, 0.1) is 12.3 Å². The van der Waals surface area contributed by atoms with Crippen LogP contribution in [0.1, 0.15) is 121 Å². The molecule has 7 nitrogen and oxygen atoms in total. The Labute approximate surface area is 301 Å². The van der Waals surface area contributed by atoms with Gasteiger partial charge in [0.15, 0.2) is 0 Å². The highest BCUT2D eigenvalue weighted by atomic mass is 32.1. The molecule has 2 amide bonds. The fourth-order valence-electron chi connectivity index (χ4n) is 8.56. The van der Waals surface area contributed by atoms with E-state index in [9.17, 15) is 19.8 Å². The molecule has 1 saturated carbocycles. The minimum absolute atomic E-state index is 0.00986. The number of rotatable bonds is 8. The van der Waals surface area contributed by atoms with Gasteiger partial charge in [0, 0.05) is 29.0 Å². The average Bonchev–Trinajstić information content (AvgIpc) is 3.84. The zero-order chi connectivity index (χ0) is 35.5. The second-order valence-electron chi connectivity index (χ2n) is 15.3. The SMILES string of the molecule is CC1=CCC[C@@]2(C)[C@@H](CC[C@@]2(O)CN(C[C@H]2CCCO2)C(=O)N[C@H](C)c2ccccc2)c2ccc(cc2C(=O)c2ccc(C)s2)C[C@@H](O)CC1. The van der Waals surface area contributed by atoms with E-state index in [2.05, 4.69) is 37.4 Å². The van der Waals surface area contributed by atoms with Gasteiger partial charge in [0.2, 0.25) is 5.78 Å². The van der Waals surface area contributed by atoms with Gasteiger partial charge in [-0.2, -0.15) is 0 Å². The summed E-state index contributed by atoms with van der Waals surface area (Å²) < 4.78 is 6.02. The van der Waals surface area contributed by atoms with E-state index >= 15 is 0 Å². The third-order valence-electron chi connectivity index (χ3n) is 11.7. The second-order valence-corrected chi connectivity index (χ2v) is 16.6. The van der Waals surface area contributed by atoms with Gasteiger partial charge >= 0.3 is 6.03 Å². The van der Waals surface area contributed by atoms with Crippen LogP contribution in [0.25, 0.3) is 0 Å². The molecule has 2 heterocycles. The maximum absolute atomic E-state index is 14.3. The Morgan fingerprint density at radius 3 is 2.58 bits per heavy atom. The van der Waals surface area contributed by atoms with E-state index in [1.165, 1.54) is 16.9 Å². The van der Waals surface area contributed by atoms with Crippen molar-refractivity contribution in [3.05, 3.63) is 104 Å². The number of nitrogens with one attached hydrogen (secondary N) is 1. The van der Waals surface area contributed by atoms with Crippen LogP contribution in [0.3, 0.4) is 0 Å². The molecule has 8 heteroatoms. The van der Waals surface area contributed by atoms with Crippen LogP contribution in [0.5, 0.6) is 0 Å². The number of hydrogen-bond donors (Lipinski definition) is 3. The highest BCUT2D eigenvalue weighted by Crippen LogP contribution is 2.59. The first kappa shape index (κ1) is 36.5. The molecule has 2 bridgehead atoms. The molecule has 7 rings (SSSR count). The number of benzene rings is 2. The fraction of sp³-hybridized carbons (Fsp3) is 0.524. The van der Waals surface area contributed by atoms with Gasteiger partial charge in [-0.05, 0) is 119 Å². The van der Waals surface area contributed by atoms with Gasteiger partial charge in [-0.3, -0.25) is 4.79 Å². The Morgan fingerprint density at radius 1 is 1.06 bits per heavy atom. The van der Waals surface area contributed by atoms with Crippen molar-refractivity contribution in [3.8, 4) is 0 Å². The third kappa shape index (κ3) is 7.94. The number of hydrogen-bond acceptors (Lipinski definition) is 6. The van der Waals surface area contributed by atoms with Crippen LogP contribution in [0.4, 0.5) is 4.79 Å². The van der Waals surface area contributed by atoms with E-state index < -0.39 is 17.1 Å². The van der Waals surface area contributed by atoms with Crippen molar-refractivity contribution < 1.29 is 24.5 Å². The highest BCUT2D eigenvalue weighted by molar-refractivity contribution is 7.14. The highest BCUT2D eigenvalue weighted by Gasteiger charge is 2.58. The molecule has 1 aliphatic heterocycles. The van der Waals surface area contributed by atoms with Gasteiger partial charge < -0.3 is 25.2 Å². The van der Waals surface area contributed by atoms with Crippen LogP contribution < -0.4 is 5.32 Å². The van der Waals surface area contributed by atoms with E-state index in [1.807, 2.05) is 62.4 Å². The molecule has 0 unspecified atom stereocenters. The molecule has 1 aromatic heterocycles. The van der Waals surface area contributed by atoms with Crippen molar-refractivity contribution in [3.63, 3.8) is 0 Å². The summed E-state index contributed by atoms with van der Waals surface area (Å²) in [5.41, 5.74) is 2.95. The van der Waals surface area contributed by atoms with Crippen molar-refractivity contribution in [2.24, 2.45) is 5.41 Å². The molecule has 2 aromatic carbocycles. The summed E-state index contributed by atoms with van der Waals surface area (Å²) in [7, 11) is 0. The number of ether oxygens (including phenoxy) is 1. The van der Waals surface area contributed by atoms with Crippen molar-refractivity contribution in [2.75, 3.05) is 19.7 Å². The summed E-state index contributed by atoms with van der Waals surface area (Å²) in [4.78, 5) is 32.0. The Hall–Kier alpha value is -3.30. The van der Waals surface area contributed by atoms with Crippen molar-refractivity contribution >= 4 is 23.2 Å². The number of ketones is 1. The van der Waals surface area contributed by atoms with Crippen molar-refractivity contribution in [1.29, 1.82) is 0 Å². The lowest BCUT2D eigenvalue weighted by atomic mass is 9.64.